The third-order valence-corrected chi connectivity index (χ3v) is 5.30. The normalized spacial score (nSPS) is 57.7. The summed E-state index contributed by atoms with van der Waals surface area (Å²) in [7, 11) is 0. The van der Waals surface area contributed by atoms with Gasteiger partial charge in [-0.2, -0.15) is 0 Å². The third kappa shape index (κ3) is 0.809. The highest BCUT2D eigenvalue weighted by Gasteiger charge is 2.50. The van der Waals surface area contributed by atoms with Gasteiger partial charge in [0.1, 0.15) is 0 Å². The second kappa shape index (κ2) is 2.53. The van der Waals surface area contributed by atoms with Gasteiger partial charge in [-0.05, 0) is 61.2 Å². The Hall–Kier alpha value is -0.520. The highest BCUT2D eigenvalue weighted by atomic mass is 14.5. The zero-order chi connectivity index (χ0) is 9.12. The second-order valence-electron chi connectivity index (χ2n) is 5.73. The lowest BCUT2D eigenvalue weighted by Crippen LogP contribution is -2.48. The molecule has 6 aliphatic carbocycles. The van der Waals surface area contributed by atoms with E-state index >= 15 is 0 Å². The first-order chi connectivity index (χ1) is 6.93. The molecule has 2 unspecified atom stereocenters. The Kier molecular flexibility index (Phi) is 1.40. The van der Waals surface area contributed by atoms with Gasteiger partial charge in [0.25, 0.3) is 0 Å². The highest BCUT2D eigenvalue weighted by Crippen LogP contribution is 2.58. The minimum Gasteiger partial charge on any atom is -0.0848 e. The van der Waals surface area contributed by atoms with Crippen LogP contribution in [0.2, 0.25) is 0 Å². The quantitative estimate of drug-likeness (QED) is 0.509. The van der Waals surface area contributed by atoms with Crippen molar-refractivity contribution in [1.82, 2.24) is 0 Å². The van der Waals surface area contributed by atoms with E-state index in [1.165, 1.54) is 25.7 Å². The Bertz CT molecular complexity index is 252. The van der Waals surface area contributed by atoms with Gasteiger partial charge in [-0.25, -0.2) is 0 Å². The summed E-state index contributed by atoms with van der Waals surface area (Å²) in [6.07, 6.45) is 16.1. The van der Waals surface area contributed by atoms with Gasteiger partial charge >= 0.3 is 0 Å². The molecule has 6 aliphatic rings. The van der Waals surface area contributed by atoms with E-state index in [9.17, 15) is 0 Å². The summed E-state index contributed by atoms with van der Waals surface area (Å²) in [4.78, 5) is 0. The number of allylic oxidation sites excluding steroid dienone is 4. The van der Waals surface area contributed by atoms with Crippen molar-refractivity contribution in [2.24, 2.45) is 35.5 Å². The van der Waals surface area contributed by atoms with Crippen LogP contribution in [0.3, 0.4) is 0 Å². The van der Waals surface area contributed by atoms with Crippen molar-refractivity contribution < 1.29 is 0 Å². The Morgan fingerprint density at radius 3 is 1.00 bits per heavy atom. The molecule has 0 heteroatoms. The van der Waals surface area contributed by atoms with Crippen LogP contribution in [0.25, 0.3) is 0 Å². The first-order valence-electron chi connectivity index (χ1n) is 6.30. The molecule has 0 aliphatic heterocycles. The van der Waals surface area contributed by atoms with E-state index in [4.69, 9.17) is 0 Å². The number of hydrogen-bond acceptors (Lipinski definition) is 0. The van der Waals surface area contributed by atoms with Gasteiger partial charge in [-0.3, -0.25) is 0 Å². The van der Waals surface area contributed by atoms with Crippen LogP contribution < -0.4 is 0 Å². The summed E-state index contributed by atoms with van der Waals surface area (Å²) in [6.45, 7) is 0. The zero-order valence-electron chi connectivity index (χ0n) is 8.60. The molecule has 0 N–H and O–H groups in total. The number of rotatable bonds is 0. The van der Waals surface area contributed by atoms with E-state index in [2.05, 4.69) is 24.3 Å². The van der Waals surface area contributed by atoms with E-state index in [0.717, 1.165) is 35.5 Å². The summed E-state index contributed by atoms with van der Waals surface area (Å²) in [5, 5.41) is 0. The number of hydrogen-bond donors (Lipinski definition) is 0. The maximum atomic E-state index is 2.55. The molecule has 0 aromatic heterocycles. The molecule has 6 atom stereocenters. The fourth-order valence-corrected chi connectivity index (χ4v) is 4.79. The van der Waals surface area contributed by atoms with Crippen molar-refractivity contribution in [3.05, 3.63) is 24.3 Å². The molecule has 0 nitrogen and oxygen atoms in total. The van der Waals surface area contributed by atoms with Crippen LogP contribution in [-0.2, 0) is 0 Å². The second-order valence-corrected chi connectivity index (χ2v) is 5.73. The predicted molar refractivity (Wildman–Crippen MR) is 57.7 cm³/mol. The number of fused-ring (bicyclic) bond motifs is 2. The lowest BCUT2D eigenvalue weighted by molar-refractivity contribution is 0.00762. The summed E-state index contributed by atoms with van der Waals surface area (Å²) in [5.41, 5.74) is 0. The van der Waals surface area contributed by atoms with Gasteiger partial charge in [-0.1, -0.05) is 24.3 Å². The van der Waals surface area contributed by atoms with Gasteiger partial charge in [0.05, 0.1) is 0 Å². The van der Waals surface area contributed by atoms with E-state index in [0.29, 0.717) is 0 Å². The summed E-state index contributed by atoms with van der Waals surface area (Å²) >= 11 is 0. The smallest absolute Gasteiger partial charge is 0.0196 e. The fourth-order valence-electron chi connectivity index (χ4n) is 4.79. The van der Waals surface area contributed by atoms with E-state index in [1.54, 1.807) is 0 Å². The van der Waals surface area contributed by atoms with Crippen molar-refractivity contribution >= 4 is 0 Å². The lowest BCUT2D eigenvalue weighted by Gasteiger charge is -2.55. The van der Waals surface area contributed by atoms with Crippen LogP contribution in [0, 0.1) is 35.5 Å². The average Bonchev–Trinajstić information content (AvgIpc) is 2.32. The Balaban J connectivity index is 1.82. The van der Waals surface area contributed by atoms with Gasteiger partial charge in [0.15, 0.2) is 0 Å². The molecule has 0 aromatic rings. The molecule has 0 radical (unpaired) electrons. The molecule has 2 fully saturated rings. The lowest BCUT2D eigenvalue weighted by atomic mass is 9.49. The summed E-state index contributed by atoms with van der Waals surface area (Å²) < 4.78 is 0. The first-order valence-corrected chi connectivity index (χ1v) is 6.30. The maximum Gasteiger partial charge on any atom is -0.0196 e. The van der Waals surface area contributed by atoms with Crippen molar-refractivity contribution in [3.63, 3.8) is 0 Å². The van der Waals surface area contributed by atoms with Crippen LogP contribution in [0.1, 0.15) is 25.7 Å². The molecule has 2 saturated carbocycles. The van der Waals surface area contributed by atoms with Crippen molar-refractivity contribution in [2.75, 3.05) is 0 Å². The molecule has 14 heavy (non-hydrogen) atoms. The fraction of sp³-hybridized carbons (Fsp3) is 0.714. The minimum absolute atomic E-state index is 0.947. The molecule has 4 bridgehead atoms. The molecule has 0 saturated heterocycles. The van der Waals surface area contributed by atoms with Gasteiger partial charge in [0.2, 0.25) is 0 Å². The van der Waals surface area contributed by atoms with Gasteiger partial charge < -0.3 is 0 Å². The van der Waals surface area contributed by atoms with E-state index in [-0.39, 0.29) is 0 Å². The third-order valence-electron chi connectivity index (χ3n) is 5.30. The predicted octanol–water partition coefficient (Wildman–Crippen LogP) is 3.41. The molecule has 0 spiro atoms. The topological polar surface area (TPSA) is 0 Å². The summed E-state index contributed by atoms with van der Waals surface area (Å²) in [5.74, 6) is 5.88. The molecule has 0 aromatic carbocycles. The van der Waals surface area contributed by atoms with Crippen LogP contribution >= 0.6 is 0 Å². The molecular weight excluding hydrogens is 168 g/mol. The van der Waals surface area contributed by atoms with Crippen molar-refractivity contribution in [2.45, 2.75) is 25.7 Å². The van der Waals surface area contributed by atoms with Crippen molar-refractivity contribution in [1.29, 1.82) is 0 Å². The average molecular weight is 186 g/mol. The largest absolute Gasteiger partial charge is 0.0848 e. The van der Waals surface area contributed by atoms with Crippen LogP contribution in [0.4, 0.5) is 0 Å². The monoisotopic (exact) mass is 186 g/mol. The van der Waals surface area contributed by atoms with Crippen LogP contribution in [-0.4, -0.2) is 0 Å². The maximum absolute atomic E-state index is 2.55. The summed E-state index contributed by atoms with van der Waals surface area (Å²) in [6, 6.07) is 0. The van der Waals surface area contributed by atoms with E-state index in [1.807, 2.05) is 0 Å². The minimum atomic E-state index is 0.947. The van der Waals surface area contributed by atoms with Crippen LogP contribution in [0.15, 0.2) is 24.3 Å². The first kappa shape index (κ1) is 7.73. The molecule has 74 valence electrons. The van der Waals surface area contributed by atoms with Crippen LogP contribution in [0.5, 0.6) is 0 Å². The standard InChI is InChI=1S/C14H18/c1-2-10-4-3-9(1)13-11-5-7-12(8-6-11)14(10)13/h1-2,5,7,9-14H,3-4,6,8H2/t9-,10+,11+,12-,13?,14?. The zero-order valence-corrected chi connectivity index (χ0v) is 8.60. The Morgan fingerprint density at radius 2 is 0.786 bits per heavy atom. The Morgan fingerprint density at radius 1 is 0.500 bits per heavy atom. The molecular formula is C14H18. The molecule has 6 rings (SSSR count). The van der Waals surface area contributed by atoms with Crippen molar-refractivity contribution in [3.8, 4) is 0 Å². The van der Waals surface area contributed by atoms with Gasteiger partial charge in [0, 0.05) is 0 Å². The van der Waals surface area contributed by atoms with E-state index < -0.39 is 0 Å². The Labute approximate surface area is 86.1 Å². The SMILES string of the molecule is C1=C[C@H]2CC[C@@H]1C1C2[C@@H]2C=C[C@H]1CC2. The molecule has 0 amide bonds. The highest BCUT2D eigenvalue weighted by molar-refractivity contribution is 5.20. The molecule has 0 heterocycles. The van der Waals surface area contributed by atoms with Gasteiger partial charge in [-0.15, -0.1) is 0 Å².